The minimum atomic E-state index is -4.43. The van der Waals surface area contributed by atoms with Crippen molar-refractivity contribution in [2.45, 2.75) is 116 Å². The van der Waals surface area contributed by atoms with Gasteiger partial charge in [0.15, 0.2) is 0 Å². The number of quaternary nitrogens is 1. The monoisotopic (exact) mass is 534 g/mol. The van der Waals surface area contributed by atoms with E-state index < -0.39 is 13.9 Å². The Morgan fingerprint density at radius 1 is 0.778 bits per heavy atom. The molecule has 0 aromatic rings. The topological polar surface area (TPSA) is 117 Å². The molecule has 36 heavy (non-hydrogen) atoms. The number of rotatable bonds is 27. The molecule has 0 N–H and O–H groups in total. The highest BCUT2D eigenvalue weighted by Crippen LogP contribution is 2.38. The van der Waals surface area contributed by atoms with E-state index >= 15 is 0 Å². The Balaban J connectivity index is 3.62. The normalized spacial score (nSPS) is 14.4. The molecule has 0 amide bonds. The molecule has 0 aromatic heterocycles. The minimum Gasteiger partial charge on any atom is -0.756 e. The van der Waals surface area contributed by atoms with Gasteiger partial charge < -0.3 is 23.2 Å². The molecule has 0 aliphatic rings. The number of likely N-dealkylation sites (N-methyl/N-ethyl adjacent to an activating group) is 1. The summed E-state index contributed by atoms with van der Waals surface area (Å²) in [6.45, 7) is 3.23. The molecule has 0 saturated carbocycles. The van der Waals surface area contributed by atoms with E-state index in [1.165, 1.54) is 89.9 Å². The maximum Gasteiger partial charge on any atom is 0.268 e. The molecule has 214 valence electrons. The summed E-state index contributed by atoms with van der Waals surface area (Å²) in [6.07, 6.45) is 21.1. The van der Waals surface area contributed by atoms with E-state index in [4.69, 9.17) is 19.3 Å². The van der Waals surface area contributed by atoms with Crippen LogP contribution < -0.4 is 4.89 Å². The molecule has 0 bridgehead atoms. The summed E-state index contributed by atoms with van der Waals surface area (Å²) in [4.78, 5) is 14.6. The molecule has 0 spiro atoms. The third-order valence-corrected chi connectivity index (χ3v) is 7.07. The van der Waals surface area contributed by atoms with Gasteiger partial charge in [0.25, 0.3) is 7.82 Å². The first-order valence-electron chi connectivity index (χ1n) is 14.2. The standard InChI is InChI=1S/C26H55N4O5P/c1-5-6-7-8-9-10-11-12-13-14-15-16-17-18-19-20-22-33-24-26(28-29-27)25-35-36(31,32)34-23-21-30(2,3)4/h26H,5-25H2,1-4H3. The van der Waals surface area contributed by atoms with Crippen molar-refractivity contribution >= 4 is 7.82 Å². The highest BCUT2D eigenvalue weighted by molar-refractivity contribution is 7.45. The van der Waals surface area contributed by atoms with Crippen LogP contribution in [0.2, 0.25) is 0 Å². The van der Waals surface area contributed by atoms with Gasteiger partial charge >= 0.3 is 0 Å². The summed E-state index contributed by atoms with van der Waals surface area (Å²) in [6, 6.07) is -0.708. The molecule has 0 aliphatic carbocycles. The molecule has 0 rings (SSSR count). The van der Waals surface area contributed by atoms with Crippen molar-refractivity contribution in [1.29, 1.82) is 0 Å². The summed E-state index contributed by atoms with van der Waals surface area (Å²) in [7, 11) is 1.38. The highest BCUT2D eigenvalue weighted by atomic mass is 31.2. The second kappa shape index (κ2) is 23.5. The second-order valence-corrected chi connectivity index (χ2v) is 12.2. The lowest BCUT2D eigenvalue weighted by Gasteiger charge is -2.27. The van der Waals surface area contributed by atoms with Gasteiger partial charge in [-0.3, -0.25) is 4.57 Å². The molecular weight excluding hydrogens is 479 g/mol. The smallest absolute Gasteiger partial charge is 0.268 e. The summed E-state index contributed by atoms with van der Waals surface area (Å²) in [5.41, 5.74) is 8.72. The molecule has 2 unspecified atom stereocenters. The van der Waals surface area contributed by atoms with Gasteiger partial charge in [0.2, 0.25) is 0 Å². The zero-order valence-electron chi connectivity index (χ0n) is 23.7. The van der Waals surface area contributed by atoms with E-state index in [-0.39, 0.29) is 19.8 Å². The fourth-order valence-electron chi connectivity index (χ4n) is 3.80. The van der Waals surface area contributed by atoms with Gasteiger partial charge in [0, 0.05) is 11.5 Å². The molecule has 0 aromatic carbocycles. The molecule has 0 heterocycles. The van der Waals surface area contributed by atoms with Crippen LogP contribution in [0.25, 0.3) is 10.4 Å². The number of azide groups is 1. The average Bonchev–Trinajstić information content (AvgIpc) is 2.80. The van der Waals surface area contributed by atoms with Crippen LogP contribution in [0, 0.1) is 0 Å². The molecule has 0 radical (unpaired) electrons. The van der Waals surface area contributed by atoms with Crippen molar-refractivity contribution in [1.82, 2.24) is 0 Å². The number of hydrogen-bond acceptors (Lipinski definition) is 6. The maximum absolute atomic E-state index is 11.9. The highest BCUT2D eigenvalue weighted by Gasteiger charge is 2.16. The molecular formula is C26H55N4O5P. The zero-order chi connectivity index (χ0) is 27.0. The van der Waals surface area contributed by atoms with E-state index in [0.717, 1.165) is 12.8 Å². The number of unbranched alkanes of at least 4 members (excludes halogenated alkanes) is 15. The molecule has 0 aliphatic heterocycles. The minimum absolute atomic E-state index is 0.0339. The van der Waals surface area contributed by atoms with Gasteiger partial charge in [-0.15, -0.1) is 0 Å². The van der Waals surface area contributed by atoms with Crippen molar-refractivity contribution in [2.24, 2.45) is 5.11 Å². The summed E-state index contributed by atoms with van der Waals surface area (Å²) >= 11 is 0. The fourth-order valence-corrected chi connectivity index (χ4v) is 4.53. The van der Waals surface area contributed by atoms with Gasteiger partial charge in [-0.25, -0.2) is 0 Å². The van der Waals surface area contributed by atoms with Gasteiger partial charge in [-0.1, -0.05) is 108 Å². The van der Waals surface area contributed by atoms with Crippen LogP contribution in [0.3, 0.4) is 0 Å². The van der Waals surface area contributed by atoms with Crippen LogP contribution >= 0.6 is 7.82 Å². The average molecular weight is 535 g/mol. The Hall–Kier alpha value is -0.660. The Labute approximate surface area is 221 Å². The predicted molar refractivity (Wildman–Crippen MR) is 146 cm³/mol. The Morgan fingerprint density at radius 2 is 1.25 bits per heavy atom. The van der Waals surface area contributed by atoms with E-state index in [2.05, 4.69) is 16.9 Å². The first kappa shape index (κ1) is 35.3. The number of phosphoric acid groups is 1. The Kier molecular flexibility index (Phi) is 23.0. The van der Waals surface area contributed by atoms with Crippen LogP contribution in [-0.4, -0.2) is 64.6 Å². The lowest BCUT2D eigenvalue weighted by atomic mass is 10.0. The summed E-state index contributed by atoms with van der Waals surface area (Å²) < 4.78 is 27.8. The molecule has 2 atom stereocenters. The SMILES string of the molecule is CCCCCCCCCCCCCCCCCCOCC(COP(=O)([O-])OCC[N+](C)(C)C)N=[N+]=[N-]. The Bertz CT molecular complexity index is 597. The number of hydrogen-bond donors (Lipinski definition) is 0. The maximum atomic E-state index is 11.9. The van der Waals surface area contributed by atoms with E-state index in [0.29, 0.717) is 17.6 Å². The number of ether oxygens (including phenoxy) is 1. The molecule has 9 nitrogen and oxygen atoms in total. The van der Waals surface area contributed by atoms with Crippen molar-refractivity contribution < 1.29 is 27.7 Å². The van der Waals surface area contributed by atoms with Crippen LogP contribution in [0.4, 0.5) is 0 Å². The molecule has 0 saturated heterocycles. The molecule has 10 heteroatoms. The van der Waals surface area contributed by atoms with E-state index in [1.807, 2.05) is 21.1 Å². The molecule has 0 fully saturated rings. The van der Waals surface area contributed by atoms with Crippen LogP contribution in [0.1, 0.15) is 110 Å². The lowest BCUT2D eigenvalue weighted by Crippen LogP contribution is -2.37. The number of nitrogens with zero attached hydrogens (tertiary/aromatic N) is 4. The first-order valence-corrected chi connectivity index (χ1v) is 15.7. The van der Waals surface area contributed by atoms with E-state index in [1.54, 1.807) is 0 Å². The van der Waals surface area contributed by atoms with Crippen LogP contribution in [0.5, 0.6) is 0 Å². The van der Waals surface area contributed by atoms with Crippen molar-refractivity contribution in [2.75, 3.05) is 54.1 Å². The van der Waals surface area contributed by atoms with Crippen molar-refractivity contribution in [3.05, 3.63) is 10.4 Å². The third kappa shape index (κ3) is 26.4. The largest absolute Gasteiger partial charge is 0.756 e. The fraction of sp³-hybridized carbons (Fsp3) is 1.00. The first-order chi connectivity index (χ1) is 17.2. The van der Waals surface area contributed by atoms with Gasteiger partial charge in [0.05, 0.1) is 40.4 Å². The Morgan fingerprint density at radius 3 is 1.69 bits per heavy atom. The summed E-state index contributed by atoms with van der Waals surface area (Å²) in [5.74, 6) is 0. The van der Waals surface area contributed by atoms with E-state index in [9.17, 15) is 9.46 Å². The van der Waals surface area contributed by atoms with Crippen molar-refractivity contribution in [3.8, 4) is 0 Å². The van der Waals surface area contributed by atoms with Gasteiger partial charge in [-0.05, 0) is 12.0 Å². The number of phosphoric ester groups is 1. The van der Waals surface area contributed by atoms with Crippen LogP contribution in [0.15, 0.2) is 5.11 Å². The van der Waals surface area contributed by atoms with Crippen molar-refractivity contribution in [3.63, 3.8) is 0 Å². The van der Waals surface area contributed by atoms with Gasteiger partial charge in [0.1, 0.15) is 13.2 Å². The quantitative estimate of drug-likeness (QED) is 0.0277. The van der Waals surface area contributed by atoms with Crippen LogP contribution in [-0.2, 0) is 18.3 Å². The van der Waals surface area contributed by atoms with Gasteiger partial charge in [-0.2, -0.15) is 0 Å². The lowest BCUT2D eigenvalue weighted by molar-refractivity contribution is -0.870. The zero-order valence-corrected chi connectivity index (χ0v) is 24.6. The summed E-state index contributed by atoms with van der Waals surface area (Å²) in [5, 5.41) is 3.57. The second-order valence-electron chi connectivity index (χ2n) is 10.8. The third-order valence-electron chi connectivity index (χ3n) is 6.10. The predicted octanol–water partition coefficient (Wildman–Crippen LogP) is 7.15.